The van der Waals surface area contributed by atoms with E-state index < -0.39 is 29.6 Å². The largest absolute Gasteiger partial charge is 0.504 e. The fourth-order valence-corrected chi connectivity index (χ4v) is 2.18. The van der Waals surface area contributed by atoms with Gasteiger partial charge in [-0.2, -0.15) is 0 Å². The van der Waals surface area contributed by atoms with Crippen molar-refractivity contribution in [3.8, 4) is 5.75 Å². The number of carbonyl (C=O) groups excluding carboxylic acids is 3. The molecule has 8 nitrogen and oxygen atoms in total. The molecule has 1 rings (SSSR count). The van der Waals surface area contributed by atoms with Gasteiger partial charge in [0.25, 0.3) is 0 Å². The Balaban J connectivity index is 0.00000676. The van der Waals surface area contributed by atoms with Gasteiger partial charge < -0.3 is 24.8 Å². The summed E-state index contributed by atoms with van der Waals surface area (Å²) in [6, 6.07) is 3.87. The summed E-state index contributed by atoms with van der Waals surface area (Å²) in [7, 11) is 6.00. The van der Waals surface area contributed by atoms with E-state index in [2.05, 4.69) is 17.7 Å². The number of hydrogen-bond acceptors (Lipinski definition) is 6. The number of esters is 1. The van der Waals surface area contributed by atoms with Crippen LogP contribution in [0, 0.1) is 7.05 Å². The summed E-state index contributed by atoms with van der Waals surface area (Å²) in [6.07, 6.45) is -0.634. The van der Waals surface area contributed by atoms with Gasteiger partial charge in [-0.25, -0.2) is 9.59 Å². The number of hydrogen-bond donors (Lipinski definition) is 2. The van der Waals surface area contributed by atoms with Gasteiger partial charge in [-0.3, -0.25) is 11.8 Å². The zero-order valence-corrected chi connectivity index (χ0v) is 19.1. The van der Waals surface area contributed by atoms with Gasteiger partial charge >= 0.3 is 12.1 Å². The van der Waals surface area contributed by atoms with Crippen molar-refractivity contribution < 1.29 is 61.3 Å². The Morgan fingerprint density at radius 3 is 2.30 bits per heavy atom. The number of nitrogens with one attached hydrogen (secondary N) is 2. The first-order valence-electron chi connectivity index (χ1n) is 7.93. The van der Waals surface area contributed by atoms with E-state index in [9.17, 15) is 14.4 Å². The smallest absolute Gasteiger partial charge is 0.408 e. The summed E-state index contributed by atoms with van der Waals surface area (Å²) in [5.74, 6) is -0.696. The van der Waals surface area contributed by atoms with Gasteiger partial charge in [0.05, 0.1) is 19.8 Å². The minimum Gasteiger partial charge on any atom is -0.504 e. The molecule has 0 saturated heterocycles. The molecule has 0 aliphatic carbocycles. The fraction of sp³-hybridized carbons (Fsp3) is 0.444. The summed E-state index contributed by atoms with van der Waals surface area (Å²) >= 11 is 0. The molecule has 1 radical (unpaired) electrons. The fourth-order valence-electron chi connectivity index (χ4n) is 2.18. The first kappa shape index (κ1) is 25.3. The van der Waals surface area contributed by atoms with E-state index in [1.54, 1.807) is 39.0 Å². The Kier molecular flexibility index (Phi) is 10.5. The van der Waals surface area contributed by atoms with Crippen molar-refractivity contribution >= 4 is 18.0 Å². The van der Waals surface area contributed by atoms with Crippen molar-refractivity contribution in [1.29, 1.82) is 0 Å². The van der Waals surface area contributed by atoms with Crippen LogP contribution < -0.4 is 15.4 Å². The van der Waals surface area contributed by atoms with E-state index in [0.717, 1.165) is 0 Å². The second-order valence-electron chi connectivity index (χ2n) is 6.47. The second kappa shape index (κ2) is 11.2. The van der Waals surface area contributed by atoms with Gasteiger partial charge in [-0.1, -0.05) is 6.07 Å². The van der Waals surface area contributed by atoms with Gasteiger partial charge in [0.1, 0.15) is 17.4 Å². The van der Waals surface area contributed by atoms with Crippen LogP contribution in [0.1, 0.15) is 36.7 Å². The standard InChI is InChI=1S/C18H25N2O6.Y/c1-18(2,3)26-17(23)20-13(16(22)25-6)10-11-7-8-14(24-5)12(9-11)15(21)19-4;/h7-9,13H,4,10H2,1-3,5-6H3,(H,19,21)(H,20,23);/q-1;. The summed E-state index contributed by atoms with van der Waals surface area (Å²) in [5, 5.41) is 4.76. The van der Waals surface area contributed by atoms with E-state index in [1.807, 2.05) is 0 Å². The number of benzene rings is 1. The van der Waals surface area contributed by atoms with Crippen LogP contribution in [-0.2, 0) is 53.4 Å². The molecule has 1 aromatic rings. The van der Waals surface area contributed by atoms with Crippen molar-refractivity contribution in [3.63, 3.8) is 0 Å². The third-order valence-electron chi connectivity index (χ3n) is 3.29. The molecule has 0 bridgehead atoms. The molecule has 0 aliphatic heterocycles. The van der Waals surface area contributed by atoms with Crippen molar-refractivity contribution in [1.82, 2.24) is 10.6 Å². The topological polar surface area (TPSA) is 103 Å². The predicted molar refractivity (Wildman–Crippen MR) is 94.7 cm³/mol. The third-order valence-corrected chi connectivity index (χ3v) is 3.29. The van der Waals surface area contributed by atoms with Gasteiger partial charge in [0.2, 0.25) is 5.91 Å². The molecule has 1 atom stereocenters. The van der Waals surface area contributed by atoms with Gasteiger partial charge in [-0.15, -0.1) is 0 Å². The van der Waals surface area contributed by atoms with Crippen LogP contribution in [0.5, 0.6) is 5.75 Å². The molecular formula is C18H25N2O6Y-. The SMILES string of the molecule is [CH2-]NC(=O)c1cc(CC(NC(=O)OC(C)(C)C)C(=O)OC)ccc1OC.[Y]. The van der Waals surface area contributed by atoms with Crippen LogP contribution in [0.2, 0.25) is 0 Å². The normalized spacial score (nSPS) is 11.5. The monoisotopic (exact) mass is 454 g/mol. The summed E-state index contributed by atoms with van der Waals surface area (Å²) in [4.78, 5) is 35.9. The summed E-state index contributed by atoms with van der Waals surface area (Å²) in [5.41, 5.74) is 0.182. The molecule has 0 spiro atoms. The molecule has 2 amide bonds. The molecule has 1 aromatic carbocycles. The Bertz CT molecular complexity index is 672. The molecule has 1 unspecified atom stereocenters. The molecule has 0 fully saturated rings. The van der Waals surface area contributed by atoms with Crippen molar-refractivity contribution in [2.75, 3.05) is 14.2 Å². The first-order valence-corrected chi connectivity index (χ1v) is 7.93. The van der Waals surface area contributed by atoms with E-state index in [1.165, 1.54) is 14.2 Å². The zero-order valence-electron chi connectivity index (χ0n) is 16.3. The summed E-state index contributed by atoms with van der Waals surface area (Å²) < 4.78 is 15.0. The maximum Gasteiger partial charge on any atom is 0.408 e. The van der Waals surface area contributed by atoms with Crippen LogP contribution in [0.3, 0.4) is 0 Å². The molecular weight excluding hydrogens is 429 g/mol. The van der Waals surface area contributed by atoms with Crippen LogP contribution >= 0.6 is 0 Å². The van der Waals surface area contributed by atoms with Gasteiger partial charge in [0.15, 0.2) is 0 Å². The second-order valence-corrected chi connectivity index (χ2v) is 6.47. The molecule has 147 valence electrons. The third kappa shape index (κ3) is 8.26. The number of rotatable bonds is 6. The van der Waals surface area contributed by atoms with Crippen molar-refractivity contribution in [3.05, 3.63) is 36.4 Å². The zero-order chi connectivity index (χ0) is 19.9. The molecule has 27 heavy (non-hydrogen) atoms. The molecule has 9 heteroatoms. The molecule has 0 aliphatic rings. The Hall–Kier alpha value is -1.67. The number of amides is 2. The maximum atomic E-state index is 12.0. The summed E-state index contributed by atoms with van der Waals surface area (Å²) in [6.45, 7) is 5.15. The first-order chi connectivity index (χ1) is 12.1. The van der Waals surface area contributed by atoms with Crippen LogP contribution in [0.15, 0.2) is 18.2 Å². The van der Waals surface area contributed by atoms with Gasteiger partial charge in [0, 0.05) is 39.1 Å². The van der Waals surface area contributed by atoms with E-state index in [-0.39, 0.29) is 44.7 Å². The Morgan fingerprint density at radius 2 is 1.81 bits per heavy atom. The number of ether oxygens (including phenoxy) is 3. The van der Waals surface area contributed by atoms with E-state index >= 15 is 0 Å². The van der Waals surface area contributed by atoms with E-state index in [4.69, 9.17) is 14.2 Å². The Morgan fingerprint density at radius 1 is 1.19 bits per heavy atom. The molecule has 0 aromatic heterocycles. The van der Waals surface area contributed by atoms with Crippen molar-refractivity contribution in [2.45, 2.75) is 38.8 Å². The molecule has 0 heterocycles. The predicted octanol–water partition coefficient (Wildman–Crippen LogP) is 1.82. The van der Waals surface area contributed by atoms with Crippen molar-refractivity contribution in [2.24, 2.45) is 0 Å². The minimum atomic E-state index is -0.973. The van der Waals surface area contributed by atoms with Crippen LogP contribution in [0.25, 0.3) is 0 Å². The van der Waals surface area contributed by atoms with E-state index in [0.29, 0.717) is 11.3 Å². The molecule has 0 saturated carbocycles. The van der Waals surface area contributed by atoms with Crippen LogP contribution in [0.4, 0.5) is 4.79 Å². The number of alkyl carbamates (subject to hydrolysis) is 1. The minimum absolute atomic E-state index is 0. The average molecular weight is 454 g/mol. The Labute approximate surface area is 184 Å². The average Bonchev–Trinajstić information content (AvgIpc) is 2.57. The van der Waals surface area contributed by atoms with Gasteiger partial charge in [-0.05, 0) is 38.5 Å². The quantitative estimate of drug-likeness (QED) is 0.502. The molecule has 2 N–H and O–H groups in total. The number of methoxy groups -OCH3 is 2. The number of carbonyl (C=O) groups is 3. The van der Waals surface area contributed by atoms with Crippen LogP contribution in [-0.4, -0.2) is 43.8 Å². The maximum absolute atomic E-state index is 12.0.